The molecule has 1 aromatic heterocycles. The molecule has 1 fully saturated rings. The molecular formula is C39H61N5O8S3. The topological polar surface area (TPSA) is 187 Å². The molecule has 2 heterocycles. The van der Waals surface area contributed by atoms with Gasteiger partial charge in [-0.15, -0.1) is 11.3 Å². The molecule has 3 amide bonds. The fraction of sp³-hybridized carbons (Fsp3) is 0.667. The molecule has 1 aromatic carbocycles. The first-order valence-electron chi connectivity index (χ1n) is 19.1. The van der Waals surface area contributed by atoms with Crippen LogP contribution < -0.4 is 16.4 Å². The van der Waals surface area contributed by atoms with Gasteiger partial charge in [0.05, 0.1) is 27.4 Å². The van der Waals surface area contributed by atoms with E-state index in [1.54, 1.807) is 30.7 Å². The Labute approximate surface area is 335 Å². The summed E-state index contributed by atoms with van der Waals surface area (Å²) in [5, 5.41) is 5.89. The third-order valence-electron chi connectivity index (χ3n) is 9.23. The van der Waals surface area contributed by atoms with Crippen LogP contribution in [0.3, 0.4) is 0 Å². The van der Waals surface area contributed by atoms with Crippen LogP contribution in [0.25, 0.3) is 10.4 Å². The predicted octanol–water partition coefficient (Wildman–Crippen LogP) is 6.33. The Balaban J connectivity index is 1.69. The molecule has 55 heavy (non-hydrogen) atoms. The van der Waals surface area contributed by atoms with E-state index in [4.69, 9.17) is 15.2 Å². The highest BCUT2D eigenvalue weighted by Gasteiger charge is 2.46. The number of nitrogens with one attached hydrogen (secondary N) is 2. The number of unbranched alkanes of at least 4 members (excludes halogenated alkanes) is 7. The number of hydrogen-bond acceptors (Lipinski definition) is 12. The number of rotatable bonds is 21. The first-order chi connectivity index (χ1) is 25.8. The third kappa shape index (κ3) is 16.1. The molecule has 1 saturated heterocycles. The Hall–Kier alpha value is -3.21. The Morgan fingerprint density at radius 1 is 1.00 bits per heavy atom. The van der Waals surface area contributed by atoms with E-state index in [-0.39, 0.29) is 38.4 Å². The van der Waals surface area contributed by atoms with E-state index in [1.807, 2.05) is 52.0 Å². The second kappa shape index (κ2) is 21.4. The summed E-state index contributed by atoms with van der Waals surface area (Å²) in [6.45, 7) is 11.4. The van der Waals surface area contributed by atoms with E-state index in [1.165, 1.54) is 11.3 Å². The van der Waals surface area contributed by atoms with Gasteiger partial charge in [-0.1, -0.05) is 83.6 Å². The molecule has 0 spiro atoms. The summed E-state index contributed by atoms with van der Waals surface area (Å²) in [7, 11) is -2.74. The second-order valence-corrected chi connectivity index (χ2v) is 21.8. The van der Waals surface area contributed by atoms with Crippen molar-refractivity contribution in [3.8, 4) is 10.4 Å². The molecule has 13 nitrogen and oxygen atoms in total. The van der Waals surface area contributed by atoms with Crippen molar-refractivity contribution in [2.75, 3.05) is 26.0 Å². The molecule has 3 rings (SSSR count). The molecule has 4 N–H and O–H groups in total. The molecule has 0 unspecified atom stereocenters. The minimum Gasteiger partial charge on any atom is -0.433 e. The Kier molecular flexibility index (Phi) is 17.9. The van der Waals surface area contributed by atoms with Gasteiger partial charge in [0.1, 0.15) is 24.8 Å². The molecule has 0 saturated carbocycles. The van der Waals surface area contributed by atoms with Gasteiger partial charge in [0, 0.05) is 25.6 Å². The highest BCUT2D eigenvalue weighted by molar-refractivity contribution is 8.72. The van der Waals surface area contributed by atoms with Crippen molar-refractivity contribution < 1.29 is 37.1 Å². The monoisotopic (exact) mass is 823 g/mol. The van der Waals surface area contributed by atoms with Crippen molar-refractivity contribution in [2.45, 2.75) is 135 Å². The number of carbonyl (C=O) groups excluding carboxylic acids is 4. The normalized spacial score (nSPS) is 16.8. The first kappa shape index (κ1) is 46.2. The lowest BCUT2D eigenvalue weighted by Crippen LogP contribution is -2.57. The van der Waals surface area contributed by atoms with Gasteiger partial charge < -0.3 is 30.7 Å². The molecule has 2 aromatic rings. The van der Waals surface area contributed by atoms with Gasteiger partial charge >= 0.3 is 6.16 Å². The van der Waals surface area contributed by atoms with Crippen molar-refractivity contribution in [2.24, 2.45) is 11.1 Å². The van der Waals surface area contributed by atoms with Crippen molar-refractivity contribution in [3.05, 3.63) is 41.0 Å². The molecule has 0 radical (unpaired) electrons. The first-order valence-corrected chi connectivity index (χ1v) is 23.2. The zero-order valence-corrected chi connectivity index (χ0v) is 35.9. The van der Waals surface area contributed by atoms with Crippen molar-refractivity contribution in [1.82, 2.24) is 20.5 Å². The zero-order chi connectivity index (χ0) is 40.8. The summed E-state index contributed by atoms with van der Waals surface area (Å²) in [5.74, 6) is -1.12. The number of ether oxygens (including phenoxy) is 2. The maximum atomic E-state index is 14.3. The van der Waals surface area contributed by atoms with Gasteiger partial charge in [0.15, 0.2) is 8.87 Å². The maximum absolute atomic E-state index is 14.3. The summed E-state index contributed by atoms with van der Waals surface area (Å²) in [4.78, 5) is 60.9. The van der Waals surface area contributed by atoms with Crippen LogP contribution in [-0.4, -0.2) is 91.1 Å². The number of aromatic nitrogens is 1. The number of amides is 3. The van der Waals surface area contributed by atoms with E-state index in [0.29, 0.717) is 17.2 Å². The lowest BCUT2D eigenvalue weighted by atomic mass is 9.85. The highest BCUT2D eigenvalue weighted by atomic mass is 33.1. The molecule has 1 aliphatic rings. The summed E-state index contributed by atoms with van der Waals surface area (Å²) in [6, 6.07) is 5.85. The lowest BCUT2D eigenvalue weighted by molar-refractivity contribution is -0.144. The van der Waals surface area contributed by atoms with E-state index >= 15 is 0 Å². The van der Waals surface area contributed by atoms with Crippen LogP contribution in [0.15, 0.2) is 29.8 Å². The second-order valence-electron chi connectivity index (χ2n) is 16.0. The van der Waals surface area contributed by atoms with E-state index in [2.05, 4.69) is 15.6 Å². The summed E-state index contributed by atoms with van der Waals surface area (Å²) in [5.41, 5.74) is 9.49. The molecular weight excluding hydrogens is 763 g/mol. The maximum Gasteiger partial charge on any atom is 0.508 e. The quantitative estimate of drug-likeness (QED) is 0.0726. The minimum absolute atomic E-state index is 0.00871. The average molecular weight is 824 g/mol. The van der Waals surface area contributed by atoms with Gasteiger partial charge in [-0.3, -0.25) is 14.4 Å². The molecule has 0 aliphatic carbocycles. The molecule has 16 heteroatoms. The van der Waals surface area contributed by atoms with E-state index in [0.717, 1.165) is 73.0 Å². The van der Waals surface area contributed by atoms with Crippen LogP contribution >= 0.6 is 22.1 Å². The fourth-order valence-electron chi connectivity index (χ4n) is 6.41. The van der Waals surface area contributed by atoms with Crippen LogP contribution in [0, 0.1) is 12.3 Å². The highest BCUT2D eigenvalue weighted by Crippen LogP contribution is 2.31. The Bertz CT molecular complexity index is 1670. The van der Waals surface area contributed by atoms with Gasteiger partial charge in [-0.05, 0) is 67.5 Å². The van der Waals surface area contributed by atoms with E-state index < -0.39 is 55.2 Å². The largest absolute Gasteiger partial charge is 0.508 e. The Morgan fingerprint density at radius 3 is 2.18 bits per heavy atom. The van der Waals surface area contributed by atoms with Crippen LogP contribution in [0.4, 0.5) is 4.79 Å². The van der Waals surface area contributed by atoms with Crippen molar-refractivity contribution >= 4 is 54.9 Å². The van der Waals surface area contributed by atoms with Crippen LogP contribution in [0.1, 0.15) is 110 Å². The molecule has 3 atom stereocenters. The minimum atomic E-state index is -3.41. The SMILES string of the molecule is Cc1ncsc1-c1ccc(CNC(=O)[C@@H]2C[C@@H](OC(=O)OCC(C)(C)SS(C)(=O)=O)CN2C(=O)[C@@H](NC(=O)CCCCCCCCCCN)C(C)(C)C)cc1. The Morgan fingerprint density at radius 2 is 1.62 bits per heavy atom. The summed E-state index contributed by atoms with van der Waals surface area (Å²) in [6.07, 6.45) is 7.73. The zero-order valence-electron chi connectivity index (χ0n) is 33.5. The van der Waals surface area contributed by atoms with Crippen molar-refractivity contribution in [3.63, 3.8) is 0 Å². The van der Waals surface area contributed by atoms with Crippen LogP contribution in [0.2, 0.25) is 0 Å². The number of benzene rings is 1. The number of nitrogens with two attached hydrogens (primary N) is 1. The molecule has 0 bridgehead atoms. The summed E-state index contributed by atoms with van der Waals surface area (Å²) >= 11 is 1.56. The predicted molar refractivity (Wildman–Crippen MR) is 219 cm³/mol. The van der Waals surface area contributed by atoms with E-state index in [9.17, 15) is 27.6 Å². The number of carbonyl (C=O) groups is 4. The smallest absolute Gasteiger partial charge is 0.433 e. The van der Waals surface area contributed by atoms with Crippen LogP contribution in [0.5, 0.6) is 0 Å². The number of likely N-dealkylation sites (tertiary alicyclic amines) is 1. The molecule has 308 valence electrons. The average Bonchev–Trinajstić information content (AvgIpc) is 3.72. The van der Waals surface area contributed by atoms with Crippen molar-refractivity contribution in [1.29, 1.82) is 0 Å². The summed E-state index contributed by atoms with van der Waals surface area (Å²) < 4.78 is 33.5. The van der Waals surface area contributed by atoms with Gasteiger partial charge in [-0.2, -0.15) is 0 Å². The number of nitrogens with zero attached hydrogens (tertiary/aromatic N) is 2. The number of hydrogen-bond donors (Lipinski definition) is 3. The third-order valence-corrected chi connectivity index (χ3v) is 13.3. The fourth-order valence-corrected chi connectivity index (χ4v) is 10.8. The van der Waals surface area contributed by atoms with Gasteiger partial charge in [0.25, 0.3) is 0 Å². The number of thiazole rings is 1. The van der Waals surface area contributed by atoms with Gasteiger partial charge in [0.2, 0.25) is 17.7 Å². The van der Waals surface area contributed by atoms with Gasteiger partial charge in [-0.25, -0.2) is 18.2 Å². The van der Waals surface area contributed by atoms with Crippen LogP contribution in [-0.2, 0) is 39.3 Å². The molecule has 1 aliphatic heterocycles. The lowest BCUT2D eigenvalue weighted by Gasteiger charge is -2.35. The number of aryl methyl sites for hydroxylation is 1. The standard InChI is InChI=1S/C39H61N5O8S3/c1-27-33(53-26-42-27)29-19-17-28(18-20-29)23-41-35(46)31-22-30(52-37(48)51-25-39(5,6)54-55(7,49)50)24-44(31)36(47)34(38(2,3)4)43-32(45)16-14-12-10-8-9-11-13-15-21-40/h17-20,26,30-31,34H,8-16,21-25,40H2,1-7H3,(H,41,46)(H,43,45)/t30-,31+,34-/m1/s1.